The summed E-state index contributed by atoms with van der Waals surface area (Å²) in [6.45, 7) is 4.39. The van der Waals surface area contributed by atoms with Crippen LogP contribution in [0.4, 0.5) is 0 Å². The first-order valence-electron chi connectivity index (χ1n) is 5.73. The van der Waals surface area contributed by atoms with Crippen LogP contribution >= 0.6 is 0 Å². The van der Waals surface area contributed by atoms with E-state index in [-0.39, 0.29) is 27.9 Å². The van der Waals surface area contributed by atoms with E-state index in [4.69, 9.17) is 14.2 Å². The molecule has 18 heavy (non-hydrogen) atoms. The molecule has 1 heterocycles. The zero-order valence-corrected chi connectivity index (χ0v) is 13.4. The van der Waals surface area contributed by atoms with Gasteiger partial charge in [0, 0.05) is 21.1 Å². The molecule has 0 aliphatic carbocycles. The third kappa shape index (κ3) is 4.93. The molecular formula is C14H17O3W-. The van der Waals surface area contributed by atoms with Crippen molar-refractivity contribution in [1.29, 1.82) is 0 Å². The van der Waals surface area contributed by atoms with E-state index in [1.165, 1.54) is 11.5 Å². The van der Waals surface area contributed by atoms with E-state index in [0.29, 0.717) is 6.61 Å². The molecule has 1 aliphatic rings. The summed E-state index contributed by atoms with van der Waals surface area (Å²) in [7, 11) is 0. The predicted molar refractivity (Wildman–Crippen MR) is 66.7 cm³/mol. The van der Waals surface area contributed by atoms with Crippen LogP contribution in [0.25, 0.3) is 6.08 Å². The average molecular weight is 417 g/mol. The quantitative estimate of drug-likeness (QED) is 0.405. The van der Waals surface area contributed by atoms with Gasteiger partial charge in [0.2, 0.25) is 0 Å². The Balaban J connectivity index is 0.00000162. The van der Waals surface area contributed by atoms with Crippen LogP contribution in [0.2, 0.25) is 0 Å². The first-order chi connectivity index (χ1) is 8.38. The van der Waals surface area contributed by atoms with Gasteiger partial charge in [0.1, 0.15) is 5.75 Å². The van der Waals surface area contributed by atoms with Crippen molar-refractivity contribution in [2.75, 3.05) is 26.6 Å². The molecule has 0 atom stereocenters. The van der Waals surface area contributed by atoms with E-state index < -0.39 is 0 Å². The van der Waals surface area contributed by atoms with Gasteiger partial charge >= 0.3 is 0 Å². The SMILES string of the molecule is CC=Cc1ccc(OCOC[C-]2COC2)cc1.[W]. The van der Waals surface area contributed by atoms with Gasteiger partial charge in [-0.1, -0.05) is 44.1 Å². The third-order valence-corrected chi connectivity index (χ3v) is 2.47. The minimum Gasteiger partial charge on any atom is -0.468 e. The van der Waals surface area contributed by atoms with E-state index >= 15 is 0 Å². The number of ether oxygens (including phenoxy) is 3. The Labute approximate surface area is 122 Å². The second-order valence-electron chi connectivity index (χ2n) is 3.92. The van der Waals surface area contributed by atoms with Crippen molar-refractivity contribution in [3.63, 3.8) is 0 Å². The van der Waals surface area contributed by atoms with Gasteiger partial charge in [-0.3, -0.25) is 0 Å². The monoisotopic (exact) mass is 417 g/mol. The fourth-order valence-corrected chi connectivity index (χ4v) is 1.49. The molecule has 0 unspecified atom stereocenters. The van der Waals surface area contributed by atoms with Crippen molar-refractivity contribution in [3.05, 3.63) is 41.8 Å². The molecule has 0 saturated carbocycles. The first-order valence-corrected chi connectivity index (χ1v) is 5.73. The fraction of sp³-hybridized carbons (Fsp3) is 0.357. The van der Waals surface area contributed by atoms with Crippen LogP contribution in [-0.4, -0.2) is 26.6 Å². The van der Waals surface area contributed by atoms with Crippen LogP contribution in [0.5, 0.6) is 5.75 Å². The van der Waals surface area contributed by atoms with Gasteiger partial charge in [0.25, 0.3) is 0 Å². The molecule has 1 fully saturated rings. The van der Waals surface area contributed by atoms with Gasteiger partial charge in [0.15, 0.2) is 6.79 Å². The normalized spacial score (nSPS) is 15.2. The maximum absolute atomic E-state index is 5.46. The van der Waals surface area contributed by atoms with E-state index in [9.17, 15) is 0 Å². The molecule has 4 heteroatoms. The Hall–Kier alpha value is -0.632. The average Bonchev–Trinajstić information content (AvgIpc) is 2.29. The van der Waals surface area contributed by atoms with Gasteiger partial charge < -0.3 is 14.2 Å². The number of hydrogen-bond donors (Lipinski definition) is 0. The smallest absolute Gasteiger partial charge is 0.186 e. The summed E-state index contributed by atoms with van der Waals surface area (Å²) < 4.78 is 15.8. The summed E-state index contributed by atoms with van der Waals surface area (Å²) in [6.07, 6.45) is 4.06. The molecule has 0 aromatic heterocycles. The van der Waals surface area contributed by atoms with Crippen LogP contribution in [0.3, 0.4) is 0 Å². The Morgan fingerprint density at radius 2 is 2.00 bits per heavy atom. The van der Waals surface area contributed by atoms with Crippen molar-refractivity contribution >= 4 is 6.08 Å². The molecule has 0 N–H and O–H groups in total. The van der Waals surface area contributed by atoms with Crippen LogP contribution in [-0.2, 0) is 30.5 Å². The molecule has 1 aromatic carbocycles. The van der Waals surface area contributed by atoms with Crippen molar-refractivity contribution in [2.45, 2.75) is 6.92 Å². The molecule has 1 aromatic rings. The summed E-state index contributed by atoms with van der Waals surface area (Å²) in [6, 6.07) is 7.92. The van der Waals surface area contributed by atoms with Gasteiger partial charge in [-0.2, -0.15) is 0 Å². The van der Waals surface area contributed by atoms with Gasteiger partial charge in [-0.05, 0) is 24.6 Å². The Morgan fingerprint density at radius 1 is 1.28 bits per heavy atom. The summed E-state index contributed by atoms with van der Waals surface area (Å²) >= 11 is 0. The molecule has 0 bridgehead atoms. The predicted octanol–water partition coefficient (Wildman–Crippen LogP) is 2.67. The Bertz CT molecular complexity index is 358. The maximum Gasteiger partial charge on any atom is 0.186 e. The minimum absolute atomic E-state index is 0. The number of rotatable bonds is 6. The molecule has 3 nitrogen and oxygen atoms in total. The summed E-state index contributed by atoms with van der Waals surface area (Å²) in [5, 5.41) is 0. The van der Waals surface area contributed by atoms with E-state index in [0.717, 1.165) is 19.0 Å². The maximum atomic E-state index is 5.46. The van der Waals surface area contributed by atoms with Gasteiger partial charge in [0.05, 0.1) is 0 Å². The van der Waals surface area contributed by atoms with E-state index in [2.05, 4.69) is 0 Å². The van der Waals surface area contributed by atoms with Crippen molar-refractivity contribution in [1.82, 2.24) is 0 Å². The number of allylic oxidation sites excluding steroid dienone is 1. The zero-order valence-electron chi connectivity index (χ0n) is 10.4. The summed E-state index contributed by atoms with van der Waals surface area (Å²) in [4.78, 5) is 0. The van der Waals surface area contributed by atoms with Crippen LogP contribution in [0.1, 0.15) is 12.5 Å². The van der Waals surface area contributed by atoms with Crippen LogP contribution in [0.15, 0.2) is 30.3 Å². The minimum atomic E-state index is 0. The van der Waals surface area contributed by atoms with Crippen LogP contribution in [0, 0.1) is 5.92 Å². The first kappa shape index (κ1) is 15.4. The molecular weight excluding hydrogens is 400 g/mol. The zero-order chi connectivity index (χ0) is 11.9. The van der Waals surface area contributed by atoms with Crippen molar-refractivity contribution in [3.8, 4) is 5.75 Å². The Kier molecular flexibility index (Phi) is 7.26. The largest absolute Gasteiger partial charge is 0.468 e. The van der Waals surface area contributed by atoms with E-state index in [1.807, 2.05) is 43.3 Å². The van der Waals surface area contributed by atoms with Gasteiger partial charge in [-0.15, -0.1) is 0 Å². The number of benzene rings is 1. The summed E-state index contributed by atoms with van der Waals surface area (Å²) in [5.41, 5.74) is 1.17. The van der Waals surface area contributed by atoms with Crippen molar-refractivity contribution in [2.24, 2.45) is 0 Å². The second kappa shape index (κ2) is 8.47. The van der Waals surface area contributed by atoms with Crippen LogP contribution < -0.4 is 4.74 Å². The molecule has 1 aliphatic heterocycles. The Morgan fingerprint density at radius 3 is 2.56 bits per heavy atom. The number of hydrogen-bond acceptors (Lipinski definition) is 3. The molecule has 1 saturated heterocycles. The summed E-state index contributed by atoms with van der Waals surface area (Å²) in [5.74, 6) is 2.12. The van der Waals surface area contributed by atoms with Gasteiger partial charge in [-0.25, -0.2) is 5.92 Å². The molecule has 0 spiro atoms. The molecule has 98 valence electrons. The third-order valence-electron chi connectivity index (χ3n) is 2.47. The fourth-order valence-electron chi connectivity index (χ4n) is 1.49. The van der Waals surface area contributed by atoms with Crippen molar-refractivity contribution < 1.29 is 35.3 Å². The second-order valence-corrected chi connectivity index (χ2v) is 3.92. The molecule has 0 amide bonds. The molecule has 0 radical (unpaired) electrons. The molecule has 2 rings (SSSR count). The van der Waals surface area contributed by atoms with E-state index in [1.54, 1.807) is 0 Å². The topological polar surface area (TPSA) is 27.7 Å². The standard InChI is InChI=1S/C14H17O3.W/c1-2-3-12-4-6-14(7-5-12)17-11-16-10-13-8-15-9-13;/h2-7H,8-11H2,1H3;/q-1;.